The van der Waals surface area contributed by atoms with Crippen molar-refractivity contribution in [1.29, 1.82) is 0 Å². The summed E-state index contributed by atoms with van der Waals surface area (Å²) in [5.41, 5.74) is 0.608. The van der Waals surface area contributed by atoms with Gasteiger partial charge in [0, 0.05) is 12.0 Å². The molecule has 6 heteroatoms. The smallest absolute Gasteiger partial charge is 0.333 e. The fourth-order valence-corrected chi connectivity index (χ4v) is 1.35. The molecule has 0 N–H and O–H groups in total. The van der Waals surface area contributed by atoms with Crippen LogP contribution in [-0.4, -0.2) is 38.2 Å². The van der Waals surface area contributed by atoms with Crippen LogP contribution in [0.4, 0.5) is 0 Å². The van der Waals surface area contributed by atoms with Gasteiger partial charge in [0.05, 0.1) is 19.8 Å². The van der Waals surface area contributed by atoms with Crippen LogP contribution >= 0.6 is 0 Å². The van der Waals surface area contributed by atoms with Crippen LogP contribution in [0.15, 0.2) is 12.2 Å². The Balaban J connectivity index is 0.000000280. The Morgan fingerprint density at radius 1 is 1.15 bits per heavy atom. The van der Waals surface area contributed by atoms with E-state index >= 15 is 0 Å². The summed E-state index contributed by atoms with van der Waals surface area (Å²) in [4.78, 5) is 29.9. The number of esters is 2. The van der Waals surface area contributed by atoms with Crippen molar-refractivity contribution in [1.82, 2.24) is 0 Å². The third-order valence-corrected chi connectivity index (χ3v) is 2.42. The molecule has 0 amide bonds. The normalized spacial score (nSPS) is 17.4. The zero-order chi connectivity index (χ0) is 15.2. The molecule has 0 aromatic rings. The average Bonchev–Trinajstić information content (AvgIpc) is 2.45. The van der Waals surface area contributed by atoms with Gasteiger partial charge in [-0.25, -0.2) is 4.79 Å². The van der Waals surface area contributed by atoms with E-state index in [1.165, 1.54) is 0 Å². The standard InChI is InChI=1S/C6H8O2.C5H8O2.C3H6O2/c1-5-3-2-4-8-6(5)7;6-5-3-1-2-4-7-5;1-2-5-3-4/h1-4H2;1-4H2;3H,2H2,1H3. The first kappa shape index (κ1) is 18.1. The van der Waals surface area contributed by atoms with Crippen molar-refractivity contribution in [2.45, 2.75) is 39.0 Å². The molecule has 2 saturated heterocycles. The number of rotatable bonds is 2. The van der Waals surface area contributed by atoms with Gasteiger partial charge in [-0.1, -0.05) is 6.58 Å². The number of hydrogen-bond acceptors (Lipinski definition) is 6. The first-order valence-corrected chi connectivity index (χ1v) is 6.67. The minimum Gasteiger partial charge on any atom is -0.468 e. The third kappa shape index (κ3) is 10.1. The molecular formula is C14H22O6. The average molecular weight is 286 g/mol. The van der Waals surface area contributed by atoms with E-state index in [9.17, 15) is 14.4 Å². The molecule has 0 radical (unpaired) electrons. The van der Waals surface area contributed by atoms with E-state index in [0.717, 1.165) is 25.7 Å². The van der Waals surface area contributed by atoms with Crippen LogP contribution in [0, 0.1) is 0 Å². The second kappa shape index (κ2) is 12.2. The second-order valence-electron chi connectivity index (χ2n) is 4.07. The van der Waals surface area contributed by atoms with Crippen molar-refractivity contribution in [3.8, 4) is 0 Å². The Morgan fingerprint density at radius 3 is 2.10 bits per heavy atom. The maximum absolute atomic E-state index is 10.5. The van der Waals surface area contributed by atoms with Crippen molar-refractivity contribution < 1.29 is 28.6 Å². The molecule has 6 nitrogen and oxygen atoms in total. The lowest BCUT2D eigenvalue weighted by Gasteiger charge is -2.11. The number of carbonyl (C=O) groups excluding carboxylic acids is 3. The fourth-order valence-electron chi connectivity index (χ4n) is 1.35. The van der Waals surface area contributed by atoms with Crippen molar-refractivity contribution in [2.24, 2.45) is 0 Å². The maximum atomic E-state index is 10.5. The molecule has 0 aliphatic carbocycles. The Hall–Kier alpha value is -1.85. The molecule has 0 spiro atoms. The van der Waals surface area contributed by atoms with E-state index in [1.807, 2.05) is 0 Å². The highest BCUT2D eigenvalue weighted by atomic mass is 16.5. The van der Waals surface area contributed by atoms with Gasteiger partial charge in [0.1, 0.15) is 0 Å². The monoisotopic (exact) mass is 286 g/mol. The highest BCUT2D eigenvalue weighted by molar-refractivity contribution is 5.88. The molecule has 0 atom stereocenters. The predicted molar refractivity (Wildman–Crippen MR) is 71.8 cm³/mol. The van der Waals surface area contributed by atoms with Crippen molar-refractivity contribution in [2.75, 3.05) is 19.8 Å². The Labute approximate surface area is 119 Å². The van der Waals surface area contributed by atoms with E-state index in [2.05, 4.69) is 20.8 Å². The number of carbonyl (C=O) groups is 3. The molecule has 2 aliphatic rings. The molecule has 0 saturated carbocycles. The third-order valence-electron chi connectivity index (χ3n) is 2.42. The second-order valence-corrected chi connectivity index (χ2v) is 4.07. The summed E-state index contributed by atoms with van der Waals surface area (Å²) in [6, 6.07) is 0. The largest absolute Gasteiger partial charge is 0.468 e. The van der Waals surface area contributed by atoms with Gasteiger partial charge in [-0.3, -0.25) is 9.59 Å². The summed E-state index contributed by atoms with van der Waals surface area (Å²) in [6.45, 7) is 7.39. The molecular weight excluding hydrogens is 264 g/mol. The van der Waals surface area contributed by atoms with Crippen LogP contribution in [0.25, 0.3) is 0 Å². The van der Waals surface area contributed by atoms with E-state index in [-0.39, 0.29) is 11.9 Å². The SMILES string of the molecule is C=C1CCCOC1=O.CCOC=O.O=C1CCCCO1. The lowest BCUT2D eigenvalue weighted by atomic mass is 10.1. The molecule has 0 bridgehead atoms. The maximum Gasteiger partial charge on any atom is 0.333 e. The van der Waals surface area contributed by atoms with E-state index in [1.54, 1.807) is 6.92 Å². The first-order chi connectivity index (χ1) is 9.61. The van der Waals surface area contributed by atoms with Crippen LogP contribution in [0.3, 0.4) is 0 Å². The summed E-state index contributed by atoms with van der Waals surface area (Å²) in [5.74, 6) is -0.262. The summed E-state index contributed by atoms with van der Waals surface area (Å²) in [6.07, 6.45) is 4.42. The molecule has 0 aromatic carbocycles. The molecule has 0 unspecified atom stereocenters. The zero-order valence-electron chi connectivity index (χ0n) is 11.9. The summed E-state index contributed by atoms with van der Waals surface area (Å²) < 4.78 is 13.4. The van der Waals surface area contributed by atoms with Crippen LogP contribution in [0.2, 0.25) is 0 Å². The van der Waals surface area contributed by atoms with Crippen LogP contribution in [-0.2, 0) is 28.6 Å². The van der Waals surface area contributed by atoms with E-state index in [4.69, 9.17) is 0 Å². The molecule has 2 heterocycles. The van der Waals surface area contributed by atoms with Crippen molar-refractivity contribution in [3.05, 3.63) is 12.2 Å². The lowest BCUT2D eigenvalue weighted by molar-refractivity contribution is -0.146. The van der Waals surface area contributed by atoms with Gasteiger partial charge in [-0.2, -0.15) is 0 Å². The molecule has 2 fully saturated rings. The van der Waals surface area contributed by atoms with E-state index < -0.39 is 0 Å². The van der Waals surface area contributed by atoms with Gasteiger partial charge in [0.15, 0.2) is 0 Å². The number of ether oxygens (including phenoxy) is 3. The van der Waals surface area contributed by atoms with Gasteiger partial charge >= 0.3 is 11.9 Å². The summed E-state index contributed by atoms with van der Waals surface area (Å²) >= 11 is 0. The van der Waals surface area contributed by atoms with Gasteiger partial charge in [0.2, 0.25) is 0 Å². The highest BCUT2D eigenvalue weighted by Crippen LogP contribution is 2.10. The van der Waals surface area contributed by atoms with Gasteiger partial charge < -0.3 is 14.2 Å². The summed E-state index contributed by atoms with van der Waals surface area (Å²) in [5, 5.41) is 0. The topological polar surface area (TPSA) is 78.9 Å². The molecule has 20 heavy (non-hydrogen) atoms. The number of hydrogen-bond donors (Lipinski definition) is 0. The van der Waals surface area contributed by atoms with Crippen LogP contribution < -0.4 is 0 Å². The van der Waals surface area contributed by atoms with E-state index in [0.29, 0.717) is 38.3 Å². The van der Waals surface area contributed by atoms with Crippen molar-refractivity contribution >= 4 is 18.4 Å². The van der Waals surface area contributed by atoms with Crippen molar-refractivity contribution in [3.63, 3.8) is 0 Å². The minimum absolute atomic E-state index is 0.0359. The van der Waals surface area contributed by atoms with Gasteiger partial charge in [0.25, 0.3) is 6.47 Å². The summed E-state index contributed by atoms with van der Waals surface area (Å²) in [7, 11) is 0. The molecule has 2 rings (SSSR count). The molecule has 0 aromatic heterocycles. The quantitative estimate of drug-likeness (QED) is 0.333. The minimum atomic E-state index is -0.226. The number of cyclic esters (lactones) is 2. The first-order valence-electron chi connectivity index (χ1n) is 6.67. The Kier molecular flexibility index (Phi) is 11.1. The highest BCUT2D eigenvalue weighted by Gasteiger charge is 2.12. The zero-order valence-corrected chi connectivity index (χ0v) is 11.9. The molecule has 114 valence electrons. The van der Waals surface area contributed by atoms with Crippen LogP contribution in [0.5, 0.6) is 0 Å². The van der Waals surface area contributed by atoms with Gasteiger partial charge in [-0.15, -0.1) is 0 Å². The Morgan fingerprint density at radius 2 is 1.85 bits per heavy atom. The predicted octanol–water partition coefficient (Wildman–Crippen LogP) is 1.77. The lowest BCUT2D eigenvalue weighted by Crippen LogP contribution is -2.14. The molecule has 2 aliphatic heterocycles. The Bertz CT molecular complexity index is 300. The van der Waals surface area contributed by atoms with Gasteiger partial charge in [-0.05, 0) is 32.6 Å². The van der Waals surface area contributed by atoms with Crippen LogP contribution in [0.1, 0.15) is 39.0 Å². The fraction of sp³-hybridized carbons (Fsp3) is 0.643.